The largest absolute Gasteiger partial charge is 0.466 e. The van der Waals surface area contributed by atoms with Gasteiger partial charge in [0.2, 0.25) is 0 Å². The fourth-order valence-electron chi connectivity index (χ4n) is 3.50. The lowest BCUT2D eigenvalue weighted by Gasteiger charge is -2.35. The van der Waals surface area contributed by atoms with E-state index < -0.39 is 17.9 Å². The highest BCUT2D eigenvalue weighted by molar-refractivity contribution is 6.06. The minimum absolute atomic E-state index is 0.0560. The van der Waals surface area contributed by atoms with Crippen molar-refractivity contribution >= 4 is 17.6 Å². The van der Waals surface area contributed by atoms with Gasteiger partial charge in [-0.1, -0.05) is 36.4 Å². The maximum atomic E-state index is 12.9. The number of esters is 2. The zero-order chi connectivity index (χ0) is 22.5. The molecule has 2 N–H and O–H groups in total. The van der Waals surface area contributed by atoms with E-state index in [0.717, 1.165) is 0 Å². The Bertz CT molecular complexity index is 1190. The first-order chi connectivity index (χ1) is 15.0. The molecule has 3 rings (SSSR count). The molecule has 0 bridgehead atoms. The Balaban J connectivity index is 2.42. The minimum Gasteiger partial charge on any atom is -0.466 e. The smallest absolute Gasteiger partial charge is 0.355 e. The molecule has 0 spiro atoms. The first-order valence-electron chi connectivity index (χ1n) is 9.14. The van der Waals surface area contributed by atoms with E-state index in [1.54, 1.807) is 48.5 Å². The SMILES string of the molecule is COC(=O)C1=C(C(=O)OC)N(c2cccc(C#N)c2)C(N)=C(C#N)C1c1ccccc1. The second-order valence-corrected chi connectivity index (χ2v) is 6.50. The van der Waals surface area contributed by atoms with Crippen molar-refractivity contribution in [2.24, 2.45) is 5.73 Å². The van der Waals surface area contributed by atoms with Crippen LogP contribution in [0.2, 0.25) is 0 Å². The summed E-state index contributed by atoms with van der Waals surface area (Å²) in [7, 11) is 2.35. The molecule has 2 aromatic carbocycles. The summed E-state index contributed by atoms with van der Waals surface area (Å²) in [6, 6.07) is 19.1. The summed E-state index contributed by atoms with van der Waals surface area (Å²) < 4.78 is 9.92. The van der Waals surface area contributed by atoms with Crippen molar-refractivity contribution in [2.75, 3.05) is 19.1 Å². The maximum Gasteiger partial charge on any atom is 0.355 e. The van der Waals surface area contributed by atoms with Gasteiger partial charge in [0.25, 0.3) is 0 Å². The van der Waals surface area contributed by atoms with Gasteiger partial charge >= 0.3 is 11.9 Å². The van der Waals surface area contributed by atoms with Crippen molar-refractivity contribution in [3.63, 3.8) is 0 Å². The molecule has 0 aliphatic carbocycles. The number of ether oxygens (including phenoxy) is 2. The molecule has 0 saturated carbocycles. The number of carbonyl (C=O) groups is 2. The van der Waals surface area contributed by atoms with E-state index in [-0.39, 0.29) is 22.7 Å². The average molecular weight is 414 g/mol. The summed E-state index contributed by atoms with van der Waals surface area (Å²) in [5.74, 6) is -2.65. The molecule has 0 radical (unpaired) electrons. The van der Waals surface area contributed by atoms with Gasteiger partial charge in [-0.05, 0) is 23.8 Å². The predicted molar refractivity (Wildman–Crippen MR) is 111 cm³/mol. The van der Waals surface area contributed by atoms with E-state index in [1.807, 2.05) is 6.07 Å². The molecular weight excluding hydrogens is 396 g/mol. The fraction of sp³-hybridized carbons (Fsp3) is 0.130. The number of rotatable bonds is 4. The zero-order valence-corrected chi connectivity index (χ0v) is 16.8. The van der Waals surface area contributed by atoms with E-state index in [2.05, 4.69) is 6.07 Å². The summed E-state index contributed by atoms with van der Waals surface area (Å²) in [6.07, 6.45) is 0. The highest BCUT2D eigenvalue weighted by Crippen LogP contribution is 2.43. The molecule has 1 unspecified atom stereocenters. The molecule has 0 aromatic heterocycles. The van der Waals surface area contributed by atoms with Crippen molar-refractivity contribution in [3.8, 4) is 12.1 Å². The van der Waals surface area contributed by atoms with Crippen LogP contribution >= 0.6 is 0 Å². The van der Waals surface area contributed by atoms with Crippen LogP contribution in [0.1, 0.15) is 17.0 Å². The van der Waals surface area contributed by atoms with Crippen LogP contribution in [0.4, 0.5) is 5.69 Å². The second-order valence-electron chi connectivity index (χ2n) is 6.50. The molecule has 154 valence electrons. The monoisotopic (exact) mass is 414 g/mol. The Hall–Kier alpha value is -4.56. The van der Waals surface area contributed by atoms with E-state index in [1.165, 1.54) is 25.2 Å². The van der Waals surface area contributed by atoms with E-state index >= 15 is 0 Å². The normalized spacial score (nSPS) is 15.7. The second kappa shape index (κ2) is 8.85. The van der Waals surface area contributed by atoms with E-state index in [9.17, 15) is 20.1 Å². The number of anilines is 1. The Labute approximate surface area is 179 Å². The van der Waals surface area contributed by atoms with Gasteiger partial charge < -0.3 is 15.2 Å². The number of benzene rings is 2. The number of methoxy groups -OCH3 is 2. The number of nitrogens with two attached hydrogens (primary N) is 1. The van der Waals surface area contributed by atoms with Crippen LogP contribution in [0.3, 0.4) is 0 Å². The maximum absolute atomic E-state index is 12.9. The van der Waals surface area contributed by atoms with Crippen molar-refractivity contribution in [2.45, 2.75) is 5.92 Å². The molecular formula is C23H18N4O4. The number of carbonyl (C=O) groups excluding carboxylic acids is 2. The van der Waals surface area contributed by atoms with E-state index in [4.69, 9.17) is 15.2 Å². The molecule has 1 atom stereocenters. The van der Waals surface area contributed by atoms with Gasteiger partial charge in [-0.2, -0.15) is 10.5 Å². The van der Waals surface area contributed by atoms with Gasteiger partial charge in [0, 0.05) is 5.69 Å². The van der Waals surface area contributed by atoms with Crippen LogP contribution in [0.5, 0.6) is 0 Å². The van der Waals surface area contributed by atoms with Gasteiger partial charge in [-0.3, -0.25) is 4.90 Å². The summed E-state index contributed by atoms with van der Waals surface area (Å²) in [4.78, 5) is 27.1. The van der Waals surface area contributed by atoms with Gasteiger partial charge in [0.1, 0.15) is 11.5 Å². The van der Waals surface area contributed by atoms with Crippen molar-refractivity contribution in [1.29, 1.82) is 10.5 Å². The van der Waals surface area contributed by atoms with Crippen LogP contribution in [0.15, 0.2) is 77.3 Å². The van der Waals surface area contributed by atoms with Crippen LogP contribution in [0.25, 0.3) is 0 Å². The molecule has 0 saturated heterocycles. The molecule has 31 heavy (non-hydrogen) atoms. The minimum atomic E-state index is -0.942. The third-order valence-corrected chi connectivity index (χ3v) is 4.84. The van der Waals surface area contributed by atoms with Crippen molar-refractivity contribution in [1.82, 2.24) is 0 Å². The van der Waals surface area contributed by atoms with Crippen LogP contribution < -0.4 is 10.6 Å². The number of hydrogen-bond acceptors (Lipinski definition) is 8. The van der Waals surface area contributed by atoms with Crippen molar-refractivity contribution < 1.29 is 19.1 Å². The first-order valence-corrected chi connectivity index (χ1v) is 9.14. The van der Waals surface area contributed by atoms with Gasteiger partial charge in [-0.15, -0.1) is 0 Å². The molecule has 2 aromatic rings. The fourth-order valence-corrected chi connectivity index (χ4v) is 3.50. The number of nitriles is 2. The molecule has 1 heterocycles. The molecule has 1 aliphatic heterocycles. The summed E-state index contributed by atoms with van der Waals surface area (Å²) in [6.45, 7) is 0. The molecule has 0 amide bonds. The molecule has 1 aliphatic rings. The molecule has 0 fully saturated rings. The Morgan fingerprint density at radius 1 is 0.968 bits per heavy atom. The lowest BCUT2D eigenvalue weighted by molar-refractivity contribution is -0.139. The van der Waals surface area contributed by atoms with Gasteiger partial charge in [0.15, 0.2) is 0 Å². The van der Waals surface area contributed by atoms with Gasteiger partial charge in [0.05, 0.1) is 49.0 Å². The summed E-state index contributed by atoms with van der Waals surface area (Å²) in [5.41, 5.74) is 7.36. The number of allylic oxidation sites excluding steroid dienone is 1. The number of hydrogen-bond donors (Lipinski definition) is 1. The average Bonchev–Trinajstić information content (AvgIpc) is 2.82. The number of nitrogens with zero attached hydrogens (tertiary/aromatic N) is 3. The highest BCUT2D eigenvalue weighted by atomic mass is 16.5. The summed E-state index contributed by atoms with van der Waals surface area (Å²) in [5, 5.41) is 19.2. The van der Waals surface area contributed by atoms with Crippen molar-refractivity contribution in [3.05, 3.63) is 88.4 Å². The van der Waals surface area contributed by atoms with E-state index in [0.29, 0.717) is 16.8 Å². The topological polar surface area (TPSA) is 129 Å². The molecule has 8 nitrogen and oxygen atoms in total. The standard InChI is InChI=1S/C23H18N4O4/c1-30-22(28)19-18(15-8-4-3-5-9-15)17(13-25)21(26)27(20(19)23(29)31-2)16-10-6-7-14(11-16)12-24/h3-11,18H,26H2,1-2H3. The van der Waals surface area contributed by atoms with Crippen LogP contribution in [-0.4, -0.2) is 26.2 Å². The molecule has 8 heteroatoms. The lowest BCUT2D eigenvalue weighted by Crippen LogP contribution is -2.40. The van der Waals surface area contributed by atoms with Crippen LogP contribution in [-0.2, 0) is 19.1 Å². The van der Waals surface area contributed by atoms with Gasteiger partial charge in [-0.25, -0.2) is 9.59 Å². The Morgan fingerprint density at radius 3 is 2.23 bits per heavy atom. The predicted octanol–water partition coefficient (Wildman–Crippen LogP) is 2.46. The third kappa shape index (κ3) is 3.70. The summed E-state index contributed by atoms with van der Waals surface area (Å²) >= 11 is 0. The van der Waals surface area contributed by atoms with Crippen LogP contribution in [0, 0.1) is 22.7 Å². The Kier molecular flexibility index (Phi) is 6.04. The lowest BCUT2D eigenvalue weighted by atomic mass is 9.81. The highest BCUT2D eigenvalue weighted by Gasteiger charge is 2.42. The third-order valence-electron chi connectivity index (χ3n) is 4.84. The zero-order valence-electron chi connectivity index (χ0n) is 16.8. The Morgan fingerprint density at radius 2 is 1.65 bits per heavy atom. The first kappa shape index (κ1) is 21.2. The quantitative estimate of drug-likeness (QED) is 0.755.